The van der Waals surface area contributed by atoms with Gasteiger partial charge in [0.2, 0.25) is 0 Å². The summed E-state index contributed by atoms with van der Waals surface area (Å²) in [4.78, 5) is 23.9. The van der Waals surface area contributed by atoms with Crippen molar-refractivity contribution in [3.8, 4) is 0 Å². The second-order valence-electron chi connectivity index (χ2n) is 7.14. The van der Waals surface area contributed by atoms with Crippen LogP contribution in [0.15, 0.2) is 47.5 Å². The highest BCUT2D eigenvalue weighted by Gasteiger charge is 2.23. The van der Waals surface area contributed by atoms with Gasteiger partial charge < -0.3 is 15.0 Å². The quantitative estimate of drug-likeness (QED) is 0.695. The van der Waals surface area contributed by atoms with Gasteiger partial charge in [0.1, 0.15) is 5.82 Å². The first-order valence-corrected chi connectivity index (χ1v) is 11.0. The van der Waals surface area contributed by atoms with Crippen LogP contribution in [0.3, 0.4) is 0 Å². The fourth-order valence-electron chi connectivity index (χ4n) is 3.24. The molecule has 1 aromatic carbocycles. The summed E-state index contributed by atoms with van der Waals surface area (Å²) in [5.74, 6) is 0.467. The van der Waals surface area contributed by atoms with Gasteiger partial charge in [-0.15, -0.1) is 0 Å². The lowest BCUT2D eigenvalue weighted by Gasteiger charge is -2.36. The molecular weight excluding hydrogens is 408 g/mol. The maximum absolute atomic E-state index is 12.5. The molecule has 2 heterocycles. The van der Waals surface area contributed by atoms with Gasteiger partial charge in [-0.2, -0.15) is 0 Å². The van der Waals surface area contributed by atoms with Crippen LogP contribution in [0.4, 0.5) is 11.5 Å². The van der Waals surface area contributed by atoms with E-state index in [0.29, 0.717) is 11.3 Å². The average molecular weight is 435 g/mol. The number of hydroxylamine groups is 1. The number of morpholine rings is 1. The van der Waals surface area contributed by atoms with Crippen molar-refractivity contribution in [1.82, 2.24) is 9.45 Å². The lowest BCUT2D eigenvalue weighted by molar-refractivity contribution is -0.0258. The van der Waals surface area contributed by atoms with Crippen molar-refractivity contribution in [2.24, 2.45) is 0 Å². The maximum Gasteiger partial charge on any atom is 0.264 e. The molecule has 1 aliphatic rings. The first kappa shape index (κ1) is 22.2. The number of benzene rings is 1. The maximum atomic E-state index is 12.5. The molecule has 0 bridgehead atoms. The molecule has 1 saturated heterocycles. The van der Waals surface area contributed by atoms with E-state index in [1.54, 1.807) is 12.3 Å². The van der Waals surface area contributed by atoms with Crippen LogP contribution in [0, 0.1) is 0 Å². The number of amides is 1. The molecule has 3 rings (SSSR count). The number of carbonyl (C=O) groups excluding carboxylic acids is 1. The van der Waals surface area contributed by atoms with Crippen LogP contribution >= 0.6 is 0 Å². The Bertz CT molecular complexity index is 969. The Balaban J connectivity index is 1.66. The number of aromatic nitrogens is 1. The third-order valence-electron chi connectivity index (χ3n) is 4.76. The number of pyridine rings is 1. The first-order chi connectivity index (χ1) is 14.2. The molecule has 0 aliphatic carbocycles. The molecule has 2 atom stereocenters. The van der Waals surface area contributed by atoms with E-state index in [1.807, 2.05) is 19.9 Å². The fourth-order valence-corrected chi connectivity index (χ4v) is 4.21. The zero-order chi connectivity index (χ0) is 21.9. The minimum absolute atomic E-state index is 0.0309. The highest BCUT2D eigenvalue weighted by molar-refractivity contribution is 7.89. The van der Waals surface area contributed by atoms with Crippen molar-refractivity contribution in [2.75, 3.05) is 37.5 Å². The molecule has 162 valence electrons. The number of hydrogen-bond acceptors (Lipinski definition) is 7. The van der Waals surface area contributed by atoms with Gasteiger partial charge in [-0.3, -0.25) is 9.63 Å². The van der Waals surface area contributed by atoms with Crippen molar-refractivity contribution in [3.63, 3.8) is 0 Å². The molecular formula is C20H26N4O5S. The molecule has 2 unspecified atom stereocenters. The first-order valence-electron chi connectivity index (χ1n) is 9.51. The van der Waals surface area contributed by atoms with E-state index in [4.69, 9.17) is 9.57 Å². The number of ether oxygens (including phenoxy) is 1. The molecule has 0 spiro atoms. The number of carbonyl (C=O) groups is 1. The van der Waals surface area contributed by atoms with Crippen LogP contribution in [0.25, 0.3) is 0 Å². The Morgan fingerprint density at radius 3 is 2.33 bits per heavy atom. The normalized spacial score (nSPS) is 19.7. The molecule has 1 N–H and O–H groups in total. The van der Waals surface area contributed by atoms with Crippen molar-refractivity contribution >= 4 is 27.4 Å². The number of anilines is 2. The minimum atomic E-state index is -3.76. The molecule has 0 radical (unpaired) electrons. The predicted octanol–water partition coefficient (Wildman–Crippen LogP) is 2.13. The van der Waals surface area contributed by atoms with Crippen LogP contribution in [0.2, 0.25) is 0 Å². The van der Waals surface area contributed by atoms with Gasteiger partial charge in [-0.1, -0.05) is 4.47 Å². The number of nitrogens with one attached hydrogen (secondary N) is 1. The summed E-state index contributed by atoms with van der Waals surface area (Å²) in [6.07, 6.45) is 1.86. The third-order valence-corrected chi connectivity index (χ3v) is 6.45. The molecule has 0 saturated carbocycles. The molecule has 1 amide bonds. The van der Waals surface area contributed by atoms with Crippen LogP contribution in [0.5, 0.6) is 0 Å². The largest absolute Gasteiger partial charge is 0.372 e. The zero-order valence-electron chi connectivity index (χ0n) is 17.4. The van der Waals surface area contributed by atoms with Crippen LogP contribution < -0.4 is 10.2 Å². The second kappa shape index (κ2) is 9.09. The van der Waals surface area contributed by atoms with Crippen molar-refractivity contribution in [1.29, 1.82) is 0 Å². The van der Waals surface area contributed by atoms with E-state index in [1.165, 1.54) is 38.4 Å². The van der Waals surface area contributed by atoms with E-state index < -0.39 is 10.0 Å². The monoisotopic (exact) mass is 434 g/mol. The molecule has 10 heteroatoms. The zero-order valence-corrected chi connectivity index (χ0v) is 18.2. The van der Waals surface area contributed by atoms with Crippen LogP contribution in [-0.2, 0) is 19.6 Å². The number of nitrogens with zero attached hydrogens (tertiary/aromatic N) is 3. The van der Waals surface area contributed by atoms with Gasteiger partial charge in [-0.25, -0.2) is 13.4 Å². The molecule has 9 nitrogen and oxygen atoms in total. The van der Waals surface area contributed by atoms with Gasteiger partial charge in [0.15, 0.2) is 0 Å². The fraction of sp³-hybridized carbons (Fsp3) is 0.400. The Morgan fingerprint density at radius 2 is 1.80 bits per heavy atom. The smallest absolute Gasteiger partial charge is 0.264 e. The Kier molecular flexibility index (Phi) is 6.71. The van der Waals surface area contributed by atoms with Crippen molar-refractivity contribution < 1.29 is 22.8 Å². The van der Waals surface area contributed by atoms with Crippen LogP contribution in [-0.4, -0.2) is 63.2 Å². The molecule has 2 aromatic rings. The highest BCUT2D eigenvalue weighted by Crippen LogP contribution is 2.20. The number of hydrogen-bond donors (Lipinski definition) is 1. The van der Waals surface area contributed by atoms with E-state index in [-0.39, 0.29) is 23.0 Å². The molecule has 30 heavy (non-hydrogen) atoms. The minimum Gasteiger partial charge on any atom is -0.372 e. The Labute approximate surface area is 176 Å². The van der Waals surface area contributed by atoms with E-state index in [9.17, 15) is 13.2 Å². The highest BCUT2D eigenvalue weighted by atomic mass is 32.2. The lowest BCUT2D eigenvalue weighted by atomic mass is 10.2. The number of rotatable bonds is 6. The summed E-state index contributed by atoms with van der Waals surface area (Å²) >= 11 is 0. The SMILES string of the molecule is CON(C)S(=O)(=O)c1ccc(C(=O)Nc2ccc(N3CC(C)OC(C)C3)nc2)cc1. The van der Waals surface area contributed by atoms with E-state index >= 15 is 0 Å². The summed E-state index contributed by atoms with van der Waals surface area (Å²) in [7, 11) is -1.20. The predicted molar refractivity (Wildman–Crippen MR) is 113 cm³/mol. The Morgan fingerprint density at radius 1 is 1.17 bits per heavy atom. The topological polar surface area (TPSA) is 101 Å². The Hall–Kier alpha value is -2.53. The summed E-state index contributed by atoms with van der Waals surface area (Å²) < 4.78 is 30.9. The van der Waals surface area contributed by atoms with Gasteiger partial charge in [0.25, 0.3) is 15.9 Å². The average Bonchev–Trinajstić information content (AvgIpc) is 2.73. The summed E-state index contributed by atoms with van der Waals surface area (Å²) in [5, 5.41) is 2.77. The molecule has 1 fully saturated rings. The summed E-state index contributed by atoms with van der Waals surface area (Å²) in [6.45, 7) is 5.58. The standard InChI is InChI=1S/C20H26N4O5S/c1-14-12-24(13-15(2)29-14)19-10-7-17(11-21-19)22-20(25)16-5-8-18(9-6-16)30(26,27)23(3)28-4/h5-11,14-15H,12-13H2,1-4H3,(H,22,25). The van der Waals surface area contributed by atoms with Gasteiger partial charge >= 0.3 is 0 Å². The second-order valence-corrected chi connectivity index (χ2v) is 9.08. The van der Waals surface area contributed by atoms with Crippen molar-refractivity contribution in [3.05, 3.63) is 48.2 Å². The van der Waals surface area contributed by atoms with E-state index in [0.717, 1.165) is 23.4 Å². The van der Waals surface area contributed by atoms with Gasteiger partial charge in [0.05, 0.1) is 36.1 Å². The molecule has 1 aliphatic heterocycles. The van der Waals surface area contributed by atoms with Gasteiger partial charge in [0, 0.05) is 25.7 Å². The summed E-state index contributed by atoms with van der Waals surface area (Å²) in [6, 6.07) is 9.27. The summed E-state index contributed by atoms with van der Waals surface area (Å²) in [5.41, 5.74) is 0.878. The van der Waals surface area contributed by atoms with Gasteiger partial charge in [-0.05, 0) is 50.2 Å². The van der Waals surface area contributed by atoms with Crippen molar-refractivity contribution in [2.45, 2.75) is 31.0 Å². The molecule has 1 aromatic heterocycles. The van der Waals surface area contributed by atoms with Crippen LogP contribution in [0.1, 0.15) is 24.2 Å². The number of sulfonamides is 1. The lowest BCUT2D eigenvalue weighted by Crippen LogP contribution is -2.45. The van der Waals surface area contributed by atoms with E-state index in [2.05, 4.69) is 15.2 Å². The third kappa shape index (κ3) is 4.96.